The van der Waals surface area contributed by atoms with E-state index in [1.54, 1.807) is 74.5 Å². The number of benzene rings is 2. The summed E-state index contributed by atoms with van der Waals surface area (Å²) in [7, 11) is 0.863. The van der Waals surface area contributed by atoms with Crippen molar-refractivity contribution in [1.82, 2.24) is 20.2 Å². The van der Waals surface area contributed by atoms with E-state index in [1.807, 2.05) is 27.7 Å². The van der Waals surface area contributed by atoms with E-state index in [0.29, 0.717) is 32.5 Å². The Bertz CT molecular complexity index is 1830. The highest BCUT2D eigenvalue weighted by Gasteiger charge is 2.52. The first-order valence-corrected chi connectivity index (χ1v) is 17.8. The van der Waals surface area contributed by atoms with Crippen molar-refractivity contribution in [2.75, 3.05) is 7.05 Å². The van der Waals surface area contributed by atoms with E-state index >= 15 is 0 Å². The molecule has 0 bridgehead atoms. The number of hydrogen-bond donors (Lipinski definition) is 1. The second-order valence-electron chi connectivity index (χ2n) is 14.3. The van der Waals surface area contributed by atoms with E-state index in [9.17, 15) is 19.2 Å². The molecule has 1 aliphatic heterocycles. The van der Waals surface area contributed by atoms with Gasteiger partial charge in [-0.1, -0.05) is 40.9 Å². The molecule has 276 valence electrons. The summed E-state index contributed by atoms with van der Waals surface area (Å²) >= 11 is 18.0. The monoisotopic (exact) mass is 770 g/mol. The molecule has 2 amide bonds. The minimum atomic E-state index is -0.922. The van der Waals surface area contributed by atoms with Crippen LogP contribution in [0.15, 0.2) is 66.5 Å². The van der Waals surface area contributed by atoms with Crippen LogP contribution in [0.25, 0.3) is 11.4 Å². The molecule has 2 aliphatic rings. The lowest BCUT2D eigenvalue weighted by molar-refractivity contribution is -0.148. The summed E-state index contributed by atoms with van der Waals surface area (Å²) in [5, 5.41) is 3.39. The van der Waals surface area contributed by atoms with Gasteiger partial charge in [-0.05, 0) is 109 Å². The molecule has 2 aromatic carbocycles. The van der Waals surface area contributed by atoms with Crippen LogP contribution in [0.4, 0.5) is 0 Å². The second-order valence-corrected chi connectivity index (χ2v) is 15.4. The van der Waals surface area contributed by atoms with Crippen LogP contribution in [0, 0.1) is 0 Å². The van der Waals surface area contributed by atoms with E-state index in [-0.39, 0.29) is 23.4 Å². The summed E-state index contributed by atoms with van der Waals surface area (Å²) in [5.41, 5.74) is 1.35. The maximum atomic E-state index is 12.7. The van der Waals surface area contributed by atoms with Crippen LogP contribution in [0.3, 0.4) is 0 Å². The van der Waals surface area contributed by atoms with Gasteiger partial charge >= 0.3 is 13.1 Å². The summed E-state index contributed by atoms with van der Waals surface area (Å²) in [5.74, 6) is -1.81. The highest BCUT2D eigenvalue weighted by atomic mass is 35.5. The quantitative estimate of drug-likeness (QED) is 0.0851. The second kappa shape index (κ2) is 16.5. The minimum absolute atomic E-state index is 0.0110. The summed E-state index contributed by atoms with van der Waals surface area (Å²) in [4.78, 5) is 59.8. The molecule has 0 unspecified atom stereocenters. The highest BCUT2D eigenvalue weighted by Crippen LogP contribution is 2.38. The molecule has 2 fully saturated rings. The lowest BCUT2D eigenvalue weighted by atomic mass is 9.78. The molecule has 2 heterocycles. The number of hydrogen-bond acceptors (Lipinski definition) is 9. The lowest BCUT2D eigenvalue weighted by Crippen LogP contribution is -2.43. The first-order chi connectivity index (χ1) is 24.3. The van der Waals surface area contributed by atoms with E-state index < -0.39 is 41.7 Å². The Balaban J connectivity index is 0.000000234. The van der Waals surface area contributed by atoms with Crippen molar-refractivity contribution >= 4 is 71.0 Å². The van der Waals surface area contributed by atoms with Gasteiger partial charge in [0, 0.05) is 58.3 Å². The molecule has 1 saturated heterocycles. The van der Waals surface area contributed by atoms with Crippen LogP contribution < -0.4 is 10.8 Å². The van der Waals surface area contributed by atoms with Gasteiger partial charge in [-0.25, -0.2) is 14.8 Å². The first-order valence-electron chi connectivity index (χ1n) is 16.6. The number of Topliss-reactive ketones (excluding diaryl/α,β-unsaturated/α-hetero) is 1. The number of esters is 1. The van der Waals surface area contributed by atoms with Crippen LogP contribution in [0.2, 0.25) is 10.0 Å². The van der Waals surface area contributed by atoms with Crippen molar-refractivity contribution in [2.24, 2.45) is 0 Å². The molecule has 0 radical (unpaired) electrons. The maximum absolute atomic E-state index is 12.7. The molecule has 0 spiro atoms. The average Bonchev–Trinajstić information content (AvgIpc) is 3.87. The number of ketones is 1. The van der Waals surface area contributed by atoms with E-state index in [4.69, 9.17) is 48.8 Å². The largest absolute Gasteiger partial charge is 0.494 e. The zero-order valence-corrected chi connectivity index (χ0v) is 32.6. The molecule has 1 N–H and O–H groups in total. The molecule has 1 aromatic heterocycles. The molecule has 15 heteroatoms. The van der Waals surface area contributed by atoms with Crippen molar-refractivity contribution in [1.29, 1.82) is 0 Å². The summed E-state index contributed by atoms with van der Waals surface area (Å²) in [6, 6.07) is 10.7. The molecule has 52 heavy (non-hydrogen) atoms. The summed E-state index contributed by atoms with van der Waals surface area (Å²) in [6.07, 6.45) is 6.19. The number of rotatable bonds is 9. The maximum Gasteiger partial charge on any atom is 0.494 e. The Kier molecular flexibility index (Phi) is 13.0. The Morgan fingerprint density at radius 2 is 1.56 bits per heavy atom. The molecular weight excluding hydrogens is 730 g/mol. The molecular formula is C37H42BCl3N4O7. The van der Waals surface area contributed by atoms with Crippen molar-refractivity contribution in [3.63, 3.8) is 0 Å². The van der Waals surface area contributed by atoms with Gasteiger partial charge in [0.25, 0.3) is 5.78 Å². The first kappa shape index (κ1) is 41.0. The number of nitrogens with one attached hydrogen (secondary N) is 1. The highest BCUT2D eigenvalue weighted by molar-refractivity contribution is 6.62. The zero-order chi connectivity index (χ0) is 38.6. The minimum Gasteiger partial charge on any atom is -0.454 e. The normalized spacial score (nSPS) is 16.8. The van der Waals surface area contributed by atoms with Gasteiger partial charge in [-0.2, -0.15) is 0 Å². The van der Waals surface area contributed by atoms with Gasteiger partial charge in [0.15, 0.2) is 5.82 Å². The number of halogens is 3. The standard InChI is InChI=1S/C19H18Cl2N4O2.C18H24BClO5/c1-22-19(27)17(25(15-3-4-15)16(26)5-6-20)12-9-13(11-14(21)10-12)18-23-7-2-8-24-18;1-16(2,3)23-15(22)14(21)11-8-12(10-13(20)9-11)19-24-17(4,5)18(6,7)25-19/h2,5-11,15,17H,3-4H2,1H3,(H,22,27);8-10H,1-7H3/b6-5-;/t17-;/m1./s1. The summed E-state index contributed by atoms with van der Waals surface area (Å²) < 4.78 is 17.1. The van der Waals surface area contributed by atoms with Crippen LogP contribution in [-0.2, 0) is 28.4 Å². The number of likely N-dealkylation sites (N-methyl/N-ethyl adjacent to an activating group) is 1. The fourth-order valence-electron chi connectivity index (χ4n) is 5.23. The number of ether oxygens (including phenoxy) is 1. The van der Waals surface area contributed by atoms with E-state index in [0.717, 1.165) is 18.4 Å². The van der Waals surface area contributed by atoms with E-state index in [2.05, 4.69) is 15.3 Å². The van der Waals surface area contributed by atoms with Crippen molar-refractivity contribution in [3.05, 3.63) is 87.6 Å². The van der Waals surface area contributed by atoms with E-state index in [1.165, 1.54) is 19.2 Å². The number of carbonyl (C=O) groups excluding carboxylic acids is 4. The Morgan fingerprint density at radius 3 is 2.10 bits per heavy atom. The van der Waals surface area contributed by atoms with Gasteiger partial charge in [-0.15, -0.1) is 0 Å². The smallest absolute Gasteiger partial charge is 0.454 e. The number of aromatic nitrogens is 2. The van der Waals surface area contributed by atoms with Crippen molar-refractivity contribution < 1.29 is 33.2 Å². The van der Waals surface area contributed by atoms with Crippen LogP contribution in [0.5, 0.6) is 0 Å². The topological polar surface area (TPSA) is 137 Å². The molecule has 1 atom stereocenters. The third-order valence-corrected chi connectivity index (χ3v) is 9.09. The number of carbonyl (C=O) groups is 4. The fourth-order valence-corrected chi connectivity index (χ4v) is 5.83. The van der Waals surface area contributed by atoms with Crippen molar-refractivity contribution in [3.8, 4) is 11.4 Å². The SMILES string of the molecule is CC(C)(C)OC(=O)C(=O)c1cc(Cl)cc(B2OC(C)(C)C(C)(C)O2)c1.CNC(=O)[C@@H](c1cc(Cl)cc(-c2ncccn2)c1)N(C(=O)/C=C\Cl)C1CC1. The zero-order valence-electron chi connectivity index (χ0n) is 30.3. The molecule has 1 aliphatic carbocycles. The van der Waals surface area contributed by atoms with Crippen LogP contribution in [-0.4, -0.2) is 75.4 Å². The van der Waals surface area contributed by atoms with Crippen LogP contribution >= 0.6 is 34.8 Å². The summed E-state index contributed by atoms with van der Waals surface area (Å²) in [6.45, 7) is 12.8. The Hall–Kier alpha value is -3.81. The molecule has 5 rings (SSSR count). The molecule has 3 aromatic rings. The van der Waals surface area contributed by atoms with Crippen LogP contribution in [0.1, 0.15) is 83.3 Å². The van der Waals surface area contributed by atoms with Gasteiger partial charge in [0.1, 0.15) is 11.6 Å². The predicted molar refractivity (Wildman–Crippen MR) is 201 cm³/mol. The molecule has 11 nitrogen and oxygen atoms in total. The Labute approximate surface area is 319 Å². The van der Waals surface area contributed by atoms with Gasteiger partial charge < -0.3 is 24.3 Å². The third kappa shape index (κ3) is 10.2. The van der Waals surface area contributed by atoms with Gasteiger partial charge in [-0.3, -0.25) is 14.4 Å². The molecule has 1 saturated carbocycles. The number of amides is 2. The third-order valence-electron chi connectivity index (χ3n) is 8.53. The predicted octanol–water partition coefficient (Wildman–Crippen LogP) is 6.49. The Morgan fingerprint density at radius 1 is 0.962 bits per heavy atom. The average molecular weight is 772 g/mol. The fraction of sp³-hybridized carbons (Fsp3) is 0.405. The van der Waals surface area contributed by atoms with Crippen molar-refractivity contribution in [2.45, 2.75) is 90.2 Å². The number of nitrogens with zero attached hydrogens (tertiary/aromatic N) is 3. The lowest BCUT2D eigenvalue weighted by Gasteiger charge is -2.32. The van der Waals surface area contributed by atoms with Gasteiger partial charge in [0.05, 0.1) is 11.2 Å². The van der Waals surface area contributed by atoms with Gasteiger partial charge in [0.2, 0.25) is 11.8 Å².